The summed E-state index contributed by atoms with van der Waals surface area (Å²) in [6, 6.07) is 12.5. The number of benzene rings is 2. The van der Waals surface area contributed by atoms with Gasteiger partial charge < -0.3 is 4.90 Å². The van der Waals surface area contributed by atoms with Gasteiger partial charge in [0.2, 0.25) is 5.91 Å². The summed E-state index contributed by atoms with van der Waals surface area (Å²) in [5.74, 6) is -2.37. The summed E-state index contributed by atoms with van der Waals surface area (Å²) in [5.41, 5.74) is 1.81. The van der Waals surface area contributed by atoms with Crippen LogP contribution in [0.4, 0.5) is 13.2 Å². The number of aromatic nitrogens is 4. The van der Waals surface area contributed by atoms with Crippen molar-refractivity contribution < 1.29 is 18.0 Å². The van der Waals surface area contributed by atoms with Gasteiger partial charge in [0.15, 0.2) is 17.3 Å². The molecule has 1 saturated heterocycles. The number of hydrogen-bond acceptors (Lipinski definition) is 4. The number of nitrogens with zero attached hydrogens (tertiary/aromatic N) is 5. The van der Waals surface area contributed by atoms with E-state index < -0.39 is 17.8 Å². The molecule has 1 atom stereocenters. The van der Waals surface area contributed by atoms with Crippen molar-refractivity contribution in [2.24, 2.45) is 0 Å². The molecule has 1 unspecified atom stereocenters. The van der Waals surface area contributed by atoms with Crippen LogP contribution < -0.4 is 0 Å². The van der Waals surface area contributed by atoms with Crippen molar-refractivity contribution in [2.75, 3.05) is 13.1 Å². The van der Waals surface area contributed by atoms with Crippen LogP contribution >= 0.6 is 11.6 Å². The standard InChI is InChI=1S/C23H17ClF3N5O/c24-20-19-21(14-6-7-16(26)17(27)10-14)30-32(12-18(33)31-9-8-15(25)11-31)23(19)29-28-22(20)13-4-2-1-3-5-13/h1-7,10,15H,8-9,11-12H2. The van der Waals surface area contributed by atoms with Crippen LogP contribution in [0.15, 0.2) is 48.5 Å². The fraction of sp³-hybridized carbons (Fsp3) is 0.217. The third-order valence-corrected chi connectivity index (χ3v) is 5.97. The van der Waals surface area contributed by atoms with E-state index in [-0.39, 0.29) is 47.3 Å². The lowest BCUT2D eigenvalue weighted by atomic mass is 10.1. The average molecular weight is 472 g/mol. The molecular weight excluding hydrogens is 455 g/mol. The molecule has 10 heteroatoms. The minimum absolute atomic E-state index is 0.0264. The Balaban J connectivity index is 1.66. The second-order valence-corrected chi connectivity index (χ2v) is 8.17. The Labute approximate surface area is 191 Å². The Hall–Kier alpha value is -3.46. The fourth-order valence-electron chi connectivity index (χ4n) is 3.92. The topological polar surface area (TPSA) is 63.9 Å². The summed E-state index contributed by atoms with van der Waals surface area (Å²) < 4.78 is 42.4. The SMILES string of the molecule is O=C(Cn1nc(-c2ccc(F)c(F)c2)c2c(Cl)c(-c3ccccc3)nnc21)N1CCC(F)C1. The normalized spacial score (nSPS) is 16.0. The molecule has 33 heavy (non-hydrogen) atoms. The van der Waals surface area contributed by atoms with Crippen molar-refractivity contribution in [1.29, 1.82) is 0 Å². The minimum Gasteiger partial charge on any atom is -0.338 e. The maximum Gasteiger partial charge on any atom is 0.244 e. The number of hydrogen-bond donors (Lipinski definition) is 0. The maximum atomic E-state index is 14.0. The molecule has 0 radical (unpaired) electrons. The Morgan fingerprint density at radius 2 is 1.82 bits per heavy atom. The van der Waals surface area contributed by atoms with E-state index in [0.29, 0.717) is 23.2 Å². The van der Waals surface area contributed by atoms with E-state index in [0.717, 1.165) is 12.1 Å². The van der Waals surface area contributed by atoms with Gasteiger partial charge in [-0.05, 0) is 24.6 Å². The Kier molecular flexibility index (Phi) is 5.49. The summed E-state index contributed by atoms with van der Waals surface area (Å²) in [6.45, 7) is 0.126. The third kappa shape index (κ3) is 3.93. The molecule has 1 aliphatic rings. The van der Waals surface area contributed by atoms with Crippen LogP contribution in [0.3, 0.4) is 0 Å². The van der Waals surface area contributed by atoms with Gasteiger partial charge in [-0.25, -0.2) is 17.9 Å². The number of likely N-dealkylation sites (tertiary alicyclic amines) is 1. The predicted octanol–water partition coefficient (Wildman–Crippen LogP) is 4.66. The number of carbonyl (C=O) groups excluding carboxylic acids is 1. The summed E-state index contributed by atoms with van der Waals surface area (Å²) >= 11 is 6.73. The van der Waals surface area contributed by atoms with Crippen molar-refractivity contribution in [2.45, 2.75) is 19.1 Å². The number of carbonyl (C=O) groups is 1. The van der Waals surface area contributed by atoms with Crippen molar-refractivity contribution in [3.8, 4) is 22.5 Å². The first-order chi connectivity index (χ1) is 15.9. The molecule has 5 rings (SSSR count). The molecule has 2 aromatic heterocycles. The van der Waals surface area contributed by atoms with Crippen LogP contribution in [-0.2, 0) is 11.3 Å². The highest BCUT2D eigenvalue weighted by molar-refractivity contribution is 6.38. The first-order valence-electron chi connectivity index (χ1n) is 10.3. The zero-order valence-electron chi connectivity index (χ0n) is 17.2. The summed E-state index contributed by atoms with van der Waals surface area (Å²) in [7, 11) is 0. The van der Waals surface area contributed by atoms with Gasteiger partial charge in [-0.1, -0.05) is 41.9 Å². The number of fused-ring (bicyclic) bond motifs is 1. The molecule has 3 heterocycles. The van der Waals surface area contributed by atoms with Crippen LogP contribution in [0.25, 0.3) is 33.5 Å². The van der Waals surface area contributed by atoms with Crippen molar-refractivity contribution in [3.05, 3.63) is 65.2 Å². The van der Waals surface area contributed by atoms with Crippen LogP contribution in [0, 0.1) is 11.6 Å². The van der Waals surface area contributed by atoms with E-state index in [1.165, 1.54) is 15.6 Å². The second-order valence-electron chi connectivity index (χ2n) is 7.79. The third-order valence-electron chi connectivity index (χ3n) is 5.61. The molecule has 168 valence electrons. The van der Waals surface area contributed by atoms with Gasteiger partial charge in [-0.2, -0.15) is 5.10 Å². The molecule has 1 fully saturated rings. The summed E-state index contributed by atoms with van der Waals surface area (Å²) in [6.07, 6.45) is -0.763. The predicted molar refractivity (Wildman–Crippen MR) is 117 cm³/mol. The van der Waals surface area contributed by atoms with Gasteiger partial charge in [0.1, 0.15) is 24.1 Å². The zero-order valence-corrected chi connectivity index (χ0v) is 17.9. The smallest absolute Gasteiger partial charge is 0.244 e. The van der Waals surface area contributed by atoms with E-state index in [9.17, 15) is 18.0 Å². The lowest BCUT2D eigenvalue weighted by molar-refractivity contribution is -0.131. The molecule has 0 aliphatic carbocycles. The molecule has 4 aromatic rings. The van der Waals surface area contributed by atoms with Crippen molar-refractivity contribution in [1.82, 2.24) is 24.9 Å². The number of halogens is 4. The van der Waals surface area contributed by atoms with Gasteiger partial charge in [0.25, 0.3) is 0 Å². The van der Waals surface area contributed by atoms with E-state index in [4.69, 9.17) is 11.6 Å². The van der Waals surface area contributed by atoms with Gasteiger partial charge in [-0.3, -0.25) is 4.79 Å². The summed E-state index contributed by atoms with van der Waals surface area (Å²) in [4.78, 5) is 14.1. The first-order valence-corrected chi connectivity index (χ1v) is 10.7. The monoisotopic (exact) mass is 471 g/mol. The van der Waals surface area contributed by atoms with E-state index in [2.05, 4.69) is 15.3 Å². The minimum atomic E-state index is -1.05. The highest BCUT2D eigenvalue weighted by atomic mass is 35.5. The van der Waals surface area contributed by atoms with Gasteiger partial charge >= 0.3 is 0 Å². The molecule has 2 aromatic carbocycles. The number of amides is 1. The Morgan fingerprint density at radius 3 is 2.52 bits per heavy atom. The molecule has 1 aliphatic heterocycles. The molecule has 0 spiro atoms. The van der Waals surface area contributed by atoms with Gasteiger partial charge in [0.05, 0.1) is 17.0 Å². The highest BCUT2D eigenvalue weighted by Crippen LogP contribution is 2.37. The Bertz CT molecular complexity index is 1360. The molecule has 0 saturated carbocycles. The first kappa shape index (κ1) is 21.4. The number of rotatable bonds is 4. The van der Waals surface area contributed by atoms with Crippen LogP contribution in [0.2, 0.25) is 5.02 Å². The molecular formula is C23H17ClF3N5O. The van der Waals surface area contributed by atoms with Crippen LogP contribution in [-0.4, -0.2) is 50.0 Å². The highest BCUT2D eigenvalue weighted by Gasteiger charge is 2.28. The van der Waals surface area contributed by atoms with Crippen molar-refractivity contribution in [3.63, 3.8) is 0 Å². The van der Waals surface area contributed by atoms with E-state index in [1.54, 1.807) is 0 Å². The largest absolute Gasteiger partial charge is 0.338 e. The number of alkyl halides is 1. The average Bonchev–Trinajstić information content (AvgIpc) is 3.41. The van der Waals surface area contributed by atoms with E-state index >= 15 is 0 Å². The lowest BCUT2D eigenvalue weighted by Crippen LogP contribution is -2.32. The molecule has 1 amide bonds. The van der Waals surface area contributed by atoms with Crippen LogP contribution in [0.1, 0.15) is 6.42 Å². The van der Waals surface area contributed by atoms with E-state index in [1.807, 2.05) is 30.3 Å². The lowest BCUT2D eigenvalue weighted by Gasteiger charge is -2.15. The molecule has 0 bridgehead atoms. The molecule has 0 N–H and O–H groups in total. The second kappa shape index (κ2) is 8.47. The fourth-order valence-corrected chi connectivity index (χ4v) is 4.25. The zero-order chi connectivity index (χ0) is 23.1. The summed E-state index contributed by atoms with van der Waals surface area (Å²) in [5, 5.41) is 13.5. The Morgan fingerprint density at radius 1 is 1.03 bits per heavy atom. The quantitative estimate of drug-likeness (QED) is 0.434. The van der Waals surface area contributed by atoms with Gasteiger partial charge in [0, 0.05) is 17.7 Å². The van der Waals surface area contributed by atoms with Crippen LogP contribution in [0.5, 0.6) is 0 Å². The van der Waals surface area contributed by atoms with Gasteiger partial charge in [-0.15, -0.1) is 10.2 Å². The maximum absolute atomic E-state index is 14.0. The van der Waals surface area contributed by atoms with Crippen molar-refractivity contribution >= 4 is 28.5 Å². The molecule has 6 nitrogen and oxygen atoms in total.